The molecule has 0 saturated carbocycles. The molecule has 4 rings (SSSR count). The molecule has 1 atom stereocenters. The number of carbonyl (C=O) groups is 5. The van der Waals surface area contributed by atoms with Gasteiger partial charge in [-0.25, -0.2) is 14.1 Å². The summed E-state index contributed by atoms with van der Waals surface area (Å²) < 4.78 is 18.5. The molecule has 1 heterocycles. The van der Waals surface area contributed by atoms with Crippen molar-refractivity contribution in [3.8, 4) is 0 Å². The Morgan fingerprint density at radius 3 is 2.22 bits per heavy atom. The minimum absolute atomic E-state index is 0.0113. The first-order chi connectivity index (χ1) is 17.1. The zero-order chi connectivity index (χ0) is 26.0. The van der Waals surface area contributed by atoms with E-state index < -0.39 is 35.6 Å². The third-order valence-corrected chi connectivity index (χ3v) is 5.31. The largest absolute Gasteiger partial charge is 0.449 e. The number of nitrogens with one attached hydrogen (secondary N) is 2. The van der Waals surface area contributed by atoms with Crippen LogP contribution in [-0.2, 0) is 14.3 Å². The van der Waals surface area contributed by atoms with Crippen LogP contribution in [0.4, 0.5) is 21.5 Å². The predicted molar refractivity (Wildman–Crippen MR) is 128 cm³/mol. The quantitative estimate of drug-likeness (QED) is 0.402. The zero-order valence-corrected chi connectivity index (χ0v) is 19.2. The summed E-state index contributed by atoms with van der Waals surface area (Å²) in [7, 11) is 0. The van der Waals surface area contributed by atoms with Gasteiger partial charge in [-0.3, -0.25) is 19.2 Å². The van der Waals surface area contributed by atoms with E-state index in [0.29, 0.717) is 11.4 Å². The predicted octanol–water partition coefficient (Wildman–Crippen LogP) is 3.77. The number of benzene rings is 3. The highest BCUT2D eigenvalue weighted by Gasteiger charge is 2.37. The maximum atomic E-state index is 13.3. The molecule has 9 nitrogen and oxygen atoms in total. The van der Waals surface area contributed by atoms with Crippen molar-refractivity contribution in [3.05, 3.63) is 89.2 Å². The number of hydrogen-bond donors (Lipinski definition) is 2. The average molecular weight is 489 g/mol. The molecular formula is C26H20FN3O6. The lowest BCUT2D eigenvalue weighted by atomic mass is 10.1. The lowest BCUT2D eigenvalue weighted by Crippen LogP contribution is -2.30. The van der Waals surface area contributed by atoms with Crippen LogP contribution in [0.25, 0.3) is 0 Å². The van der Waals surface area contributed by atoms with Crippen molar-refractivity contribution in [3.63, 3.8) is 0 Å². The van der Waals surface area contributed by atoms with E-state index in [1.54, 1.807) is 12.1 Å². The van der Waals surface area contributed by atoms with Crippen LogP contribution in [0.15, 0.2) is 66.7 Å². The molecule has 2 N–H and O–H groups in total. The molecule has 36 heavy (non-hydrogen) atoms. The minimum atomic E-state index is -1.22. The Bertz CT molecular complexity index is 1400. The third-order valence-electron chi connectivity index (χ3n) is 5.31. The van der Waals surface area contributed by atoms with Crippen LogP contribution >= 0.6 is 0 Å². The first kappa shape index (κ1) is 24.3. The number of hydrogen-bond acceptors (Lipinski definition) is 6. The molecule has 0 aliphatic carbocycles. The van der Waals surface area contributed by atoms with Gasteiger partial charge in [-0.05, 0) is 67.6 Å². The summed E-state index contributed by atoms with van der Waals surface area (Å²) in [5.41, 5.74) is 1.10. The van der Waals surface area contributed by atoms with Crippen LogP contribution in [-0.4, -0.2) is 35.7 Å². The van der Waals surface area contributed by atoms with E-state index in [1.165, 1.54) is 62.4 Å². The third kappa shape index (κ3) is 4.97. The second-order valence-electron chi connectivity index (χ2n) is 7.98. The molecule has 1 unspecified atom stereocenters. The number of imide groups is 1. The molecular weight excluding hydrogens is 469 g/mol. The summed E-state index contributed by atoms with van der Waals surface area (Å²) in [5, 5.41) is 5.04. The second kappa shape index (κ2) is 9.79. The smallest absolute Gasteiger partial charge is 0.338 e. The molecule has 0 radical (unpaired) electrons. The van der Waals surface area contributed by atoms with Crippen molar-refractivity contribution in [1.29, 1.82) is 0 Å². The van der Waals surface area contributed by atoms with Gasteiger partial charge >= 0.3 is 5.97 Å². The fourth-order valence-electron chi connectivity index (χ4n) is 3.59. The van der Waals surface area contributed by atoms with E-state index in [1.807, 2.05) is 0 Å². The van der Waals surface area contributed by atoms with Gasteiger partial charge in [0.2, 0.25) is 5.91 Å². The Balaban J connectivity index is 1.47. The Kier molecular flexibility index (Phi) is 6.60. The summed E-state index contributed by atoms with van der Waals surface area (Å²) in [6.45, 7) is 2.71. The van der Waals surface area contributed by atoms with Gasteiger partial charge in [0.25, 0.3) is 17.7 Å². The van der Waals surface area contributed by atoms with E-state index in [4.69, 9.17) is 4.74 Å². The van der Waals surface area contributed by atoms with E-state index in [0.717, 1.165) is 11.0 Å². The lowest BCUT2D eigenvalue weighted by Gasteiger charge is -2.14. The van der Waals surface area contributed by atoms with Crippen molar-refractivity contribution in [1.82, 2.24) is 0 Å². The SMILES string of the molecule is CC(=O)Nc1ccc(N2C(=O)c3ccc(C(=O)OC(C)C(=O)Nc4cccc(F)c4)cc3C2=O)cc1. The molecule has 0 fully saturated rings. The van der Waals surface area contributed by atoms with E-state index in [-0.39, 0.29) is 28.3 Å². The topological polar surface area (TPSA) is 122 Å². The number of amides is 4. The monoisotopic (exact) mass is 489 g/mol. The molecule has 0 spiro atoms. The van der Waals surface area contributed by atoms with E-state index >= 15 is 0 Å². The van der Waals surface area contributed by atoms with Crippen LogP contribution in [0, 0.1) is 5.82 Å². The Morgan fingerprint density at radius 2 is 1.56 bits per heavy atom. The van der Waals surface area contributed by atoms with E-state index in [9.17, 15) is 28.4 Å². The van der Waals surface area contributed by atoms with Crippen molar-refractivity contribution in [2.24, 2.45) is 0 Å². The van der Waals surface area contributed by atoms with Crippen molar-refractivity contribution in [2.45, 2.75) is 20.0 Å². The number of ether oxygens (including phenoxy) is 1. The number of esters is 1. The summed E-state index contributed by atoms with van der Waals surface area (Å²) in [6, 6.07) is 15.3. The molecule has 4 amide bonds. The van der Waals surface area contributed by atoms with Crippen LogP contribution in [0.1, 0.15) is 44.9 Å². The van der Waals surface area contributed by atoms with Crippen LogP contribution in [0.3, 0.4) is 0 Å². The van der Waals surface area contributed by atoms with Crippen molar-refractivity contribution in [2.75, 3.05) is 15.5 Å². The van der Waals surface area contributed by atoms with E-state index in [2.05, 4.69) is 10.6 Å². The van der Waals surface area contributed by atoms with Gasteiger partial charge in [0.1, 0.15) is 5.82 Å². The maximum absolute atomic E-state index is 13.3. The molecule has 0 bridgehead atoms. The second-order valence-corrected chi connectivity index (χ2v) is 7.98. The molecule has 3 aromatic rings. The van der Waals surface area contributed by atoms with Gasteiger partial charge in [0.05, 0.1) is 22.4 Å². The summed E-state index contributed by atoms with van der Waals surface area (Å²) in [4.78, 5) is 62.9. The highest BCUT2D eigenvalue weighted by Crippen LogP contribution is 2.30. The fourth-order valence-corrected chi connectivity index (χ4v) is 3.59. The molecule has 0 aromatic heterocycles. The number of carbonyl (C=O) groups excluding carboxylic acids is 5. The lowest BCUT2D eigenvalue weighted by molar-refractivity contribution is -0.123. The minimum Gasteiger partial charge on any atom is -0.449 e. The van der Waals surface area contributed by atoms with Crippen LogP contribution in [0.2, 0.25) is 0 Å². The Morgan fingerprint density at radius 1 is 0.861 bits per heavy atom. The first-order valence-corrected chi connectivity index (χ1v) is 10.8. The van der Waals surface area contributed by atoms with Gasteiger partial charge < -0.3 is 15.4 Å². The summed E-state index contributed by atoms with van der Waals surface area (Å²) >= 11 is 0. The molecule has 10 heteroatoms. The zero-order valence-electron chi connectivity index (χ0n) is 19.2. The highest BCUT2D eigenvalue weighted by atomic mass is 19.1. The molecule has 1 aliphatic rings. The van der Waals surface area contributed by atoms with Gasteiger partial charge in [-0.15, -0.1) is 0 Å². The van der Waals surface area contributed by atoms with Gasteiger partial charge in [0.15, 0.2) is 6.10 Å². The molecule has 3 aromatic carbocycles. The molecule has 1 aliphatic heterocycles. The highest BCUT2D eigenvalue weighted by molar-refractivity contribution is 6.34. The number of anilines is 3. The first-order valence-electron chi connectivity index (χ1n) is 10.8. The number of nitrogens with zero attached hydrogens (tertiary/aromatic N) is 1. The Hall–Kier alpha value is -4.86. The number of fused-ring (bicyclic) bond motifs is 1. The average Bonchev–Trinajstić information content (AvgIpc) is 3.08. The summed E-state index contributed by atoms with van der Waals surface area (Å²) in [5.74, 6) is -3.54. The van der Waals surface area contributed by atoms with Crippen molar-refractivity contribution >= 4 is 46.7 Å². The maximum Gasteiger partial charge on any atom is 0.338 e. The molecule has 0 saturated heterocycles. The van der Waals surface area contributed by atoms with Gasteiger partial charge in [-0.2, -0.15) is 0 Å². The van der Waals surface area contributed by atoms with Crippen LogP contribution in [0.5, 0.6) is 0 Å². The number of rotatable bonds is 6. The Labute approximate surface area is 204 Å². The van der Waals surface area contributed by atoms with Crippen LogP contribution < -0.4 is 15.5 Å². The standard InChI is InChI=1S/C26H20FN3O6/c1-14(23(32)29-19-5-3-4-17(27)13-19)36-26(35)16-6-11-21-22(12-16)25(34)30(24(21)33)20-9-7-18(8-10-20)28-15(2)31/h3-14H,1-2H3,(H,28,31)(H,29,32). The van der Waals surface area contributed by atoms with Crippen molar-refractivity contribution < 1.29 is 33.1 Å². The summed E-state index contributed by atoms with van der Waals surface area (Å²) in [6.07, 6.45) is -1.22. The normalized spacial score (nSPS) is 13.1. The van der Waals surface area contributed by atoms with Gasteiger partial charge in [-0.1, -0.05) is 6.07 Å². The fraction of sp³-hybridized carbons (Fsp3) is 0.115. The van der Waals surface area contributed by atoms with Gasteiger partial charge in [0, 0.05) is 18.3 Å². The molecule has 182 valence electrons. The number of halogens is 1.